The van der Waals surface area contributed by atoms with E-state index in [1.165, 1.54) is 22.0 Å². The van der Waals surface area contributed by atoms with Gasteiger partial charge in [-0.3, -0.25) is 4.99 Å². The topological polar surface area (TPSA) is 61.9 Å². The average molecular weight is 401 g/mol. The number of methoxy groups -OCH3 is 1. The zero-order valence-corrected chi connectivity index (χ0v) is 18.2. The maximum absolute atomic E-state index is 5.97. The first-order valence-corrected chi connectivity index (χ1v) is 10.9. The summed E-state index contributed by atoms with van der Waals surface area (Å²) in [6.07, 6.45) is 7.61. The number of para-hydroxylation sites is 1. The zero-order valence-electron chi connectivity index (χ0n) is 18.2. The molecule has 160 valence electrons. The van der Waals surface area contributed by atoms with Gasteiger partial charge < -0.3 is 24.7 Å². The number of hydrogen-bond acceptors (Lipinski definition) is 3. The molecule has 0 spiro atoms. The molecule has 6 heteroatoms. The van der Waals surface area contributed by atoms with Crippen molar-refractivity contribution in [1.29, 1.82) is 0 Å². The lowest BCUT2D eigenvalue weighted by atomic mass is 10.1. The van der Waals surface area contributed by atoms with Gasteiger partial charge in [0.2, 0.25) is 0 Å². The maximum atomic E-state index is 5.97. The number of nitrogens with one attached hydrogen (secondary N) is 2. The van der Waals surface area contributed by atoms with Gasteiger partial charge in [-0.05, 0) is 43.2 Å². The number of benzene rings is 1. The van der Waals surface area contributed by atoms with Gasteiger partial charge in [0.05, 0.1) is 6.10 Å². The number of nitrogens with zero attached hydrogens (tertiary/aromatic N) is 2. The summed E-state index contributed by atoms with van der Waals surface area (Å²) in [7, 11) is 3.60. The minimum absolute atomic E-state index is 0.361. The molecule has 3 rings (SSSR count). The zero-order chi connectivity index (χ0) is 20.5. The Hall–Kier alpha value is -2.05. The van der Waals surface area contributed by atoms with Crippen LogP contribution in [-0.4, -0.2) is 69.0 Å². The highest BCUT2D eigenvalue weighted by atomic mass is 16.5. The van der Waals surface area contributed by atoms with Gasteiger partial charge >= 0.3 is 0 Å². The van der Waals surface area contributed by atoms with E-state index in [4.69, 9.17) is 9.47 Å². The fourth-order valence-electron chi connectivity index (χ4n) is 4.11. The highest BCUT2D eigenvalue weighted by Crippen LogP contribution is 2.22. The monoisotopic (exact) mass is 400 g/mol. The standard InChI is InChI=1S/C23H36N4O2/c1-4-18-7-5-8-21-19(17-26-22(18)21)9-12-25-23(24-2)27-13-10-20(11-14-27)29-16-6-15-28-3/h5,7-8,17,20,26H,4,6,9-16H2,1-3H3,(H,24,25). The van der Waals surface area contributed by atoms with Crippen molar-refractivity contribution in [2.75, 3.05) is 47.0 Å². The highest BCUT2D eigenvalue weighted by molar-refractivity contribution is 5.86. The van der Waals surface area contributed by atoms with Crippen molar-refractivity contribution in [1.82, 2.24) is 15.2 Å². The van der Waals surface area contributed by atoms with E-state index < -0.39 is 0 Å². The van der Waals surface area contributed by atoms with Crippen molar-refractivity contribution >= 4 is 16.9 Å². The largest absolute Gasteiger partial charge is 0.385 e. The van der Waals surface area contributed by atoms with Crippen molar-refractivity contribution in [3.05, 3.63) is 35.5 Å². The summed E-state index contributed by atoms with van der Waals surface area (Å²) >= 11 is 0. The summed E-state index contributed by atoms with van der Waals surface area (Å²) in [5.41, 5.74) is 4.02. The second-order valence-electron chi connectivity index (χ2n) is 7.63. The van der Waals surface area contributed by atoms with E-state index in [1.54, 1.807) is 7.11 Å². The summed E-state index contributed by atoms with van der Waals surface area (Å²) < 4.78 is 11.0. The van der Waals surface area contributed by atoms with Gasteiger partial charge in [0.1, 0.15) is 0 Å². The number of ether oxygens (including phenoxy) is 2. The molecule has 6 nitrogen and oxygen atoms in total. The summed E-state index contributed by atoms with van der Waals surface area (Å²) in [6.45, 7) is 6.61. The fraction of sp³-hybridized carbons (Fsp3) is 0.609. The van der Waals surface area contributed by atoms with Crippen LogP contribution in [0.15, 0.2) is 29.4 Å². The number of aryl methyl sites for hydroxylation is 1. The molecular weight excluding hydrogens is 364 g/mol. The average Bonchev–Trinajstić information content (AvgIpc) is 3.18. The molecule has 0 bridgehead atoms. The molecular formula is C23H36N4O2. The number of hydrogen-bond donors (Lipinski definition) is 2. The molecule has 29 heavy (non-hydrogen) atoms. The molecule has 2 aromatic rings. The second-order valence-corrected chi connectivity index (χ2v) is 7.63. The first-order chi connectivity index (χ1) is 14.3. The van der Waals surface area contributed by atoms with Crippen molar-refractivity contribution < 1.29 is 9.47 Å². The van der Waals surface area contributed by atoms with Crippen LogP contribution in [0.5, 0.6) is 0 Å². The SMILES string of the molecule is CCc1cccc2c(CCNC(=NC)N3CCC(OCCCOC)CC3)c[nH]c12. The molecule has 0 aliphatic carbocycles. The molecule has 0 atom stereocenters. The Morgan fingerprint density at radius 3 is 2.79 bits per heavy atom. The van der Waals surface area contributed by atoms with Crippen LogP contribution in [0.1, 0.15) is 37.3 Å². The van der Waals surface area contributed by atoms with Gasteiger partial charge in [0.25, 0.3) is 0 Å². The molecule has 1 saturated heterocycles. The van der Waals surface area contributed by atoms with Gasteiger partial charge in [-0.2, -0.15) is 0 Å². The third-order valence-electron chi connectivity index (χ3n) is 5.75. The number of rotatable bonds is 9. The molecule has 1 aliphatic heterocycles. The predicted molar refractivity (Wildman–Crippen MR) is 120 cm³/mol. The summed E-state index contributed by atoms with van der Waals surface area (Å²) in [5.74, 6) is 0.997. The van der Waals surface area contributed by atoms with Crippen molar-refractivity contribution in [2.24, 2.45) is 4.99 Å². The molecule has 1 aliphatic rings. The summed E-state index contributed by atoms with van der Waals surface area (Å²) in [4.78, 5) is 10.3. The van der Waals surface area contributed by atoms with E-state index in [9.17, 15) is 0 Å². The van der Waals surface area contributed by atoms with E-state index in [2.05, 4.69) is 51.5 Å². The minimum Gasteiger partial charge on any atom is -0.385 e. The van der Waals surface area contributed by atoms with Crippen LogP contribution in [0.4, 0.5) is 0 Å². The predicted octanol–water partition coefficient (Wildman–Crippen LogP) is 3.37. The Bertz CT molecular complexity index is 778. The Morgan fingerprint density at radius 1 is 1.24 bits per heavy atom. The lowest BCUT2D eigenvalue weighted by Crippen LogP contribution is -2.47. The molecule has 0 saturated carbocycles. The fourth-order valence-corrected chi connectivity index (χ4v) is 4.11. The lowest BCUT2D eigenvalue weighted by Gasteiger charge is -2.34. The van der Waals surface area contributed by atoms with Gasteiger partial charge in [0, 0.05) is 64.1 Å². The molecule has 1 aromatic carbocycles. The Kier molecular flexibility index (Phi) is 8.38. The van der Waals surface area contributed by atoms with E-state index in [0.29, 0.717) is 6.10 Å². The Balaban J connectivity index is 1.45. The third kappa shape index (κ3) is 5.73. The molecule has 2 heterocycles. The van der Waals surface area contributed by atoms with E-state index in [1.807, 2.05) is 7.05 Å². The molecule has 0 radical (unpaired) electrons. The minimum atomic E-state index is 0.361. The van der Waals surface area contributed by atoms with Crippen LogP contribution < -0.4 is 5.32 Å². The van der Waals surface area contributed by atoms with E-state index in [-0.39, 0.29) is 0 Å². The molecule has 1 aromatic heterocycles. The van der Waals surface area contributed by atoms with Crippen LogP contribution >= 0.6 is 0 Å². The van der Waals surface area contributed by atoms with Gasteiger partial charge in [0.15, 0.2) is 5.96 Å². The first-order valence-electron chi connectivity index (χ1n) is 10.9. The first kappa shape index (κ1) is 21.7. The van der Waals surface area contributed by atoms with Crippen molar-refractivity contribution in [2.45, 2.75) is 45.1 Å². The van der Waals surface area contributed by atoms with Crippen LogP contribution in [0.25, 0.3) is 10.9 Å². The van der Waals surface area contributed by atoms with Crippen molar-refractivity contribution in [3.63, 3.8) is 0 Å². The number of fused-ring (bicyclic) bond motifs is 1. The second kappa shape index (κ2) is 11.2. The number of aliphatic imine (C=N–C) groups is 1. The summed E-state index contributed by atoms with van der Waals surface area (Å²) in [5, 5.41) is 4.89. The number of likely N-dealkylation sites (tertiary alicyclic amines) is 1. The lowest BCUT2D eigenvalue weighted by molar-refractivity contribution is 0.00992. The van der Waals surface area contributed by atoms with E-state index in [0.717, 1.165) is 70.9 Å². The van der Waals surface area contributed by atoms with Crippen LogP contribution in [0.2, 0.25) is 0 Å². The van der Waals surface area contributed by atoms with E-state index >= 15 is 0 Å². The molecule has 1 fully saturated rings. The van der Waals surface area contributed by atoms with Gasteiger partial charge in [-0.25, -0.2) is 0 Å². The number of H-pyrrole nitrogens is 1. The Labute approximate surface area is 174 Å². The quantitative estimate of drug-likeness (QED) is 0.385. The van der Waals surface area contributed by atoms with Gasteiger partial charge in [-0.15, -0.1) is 0 Å². The smallest absolute Gasteiger partial charge is 0.193 e. The highest BCUT2D eigenvalue weighted by Gasteiger charge is 2.21. The number of aromatic amines is 1. The third-order valence-corrected chi connectivity index (χ3v) is 5.75. The molecule has 0 amide bonds. The molecule has 0 unspecified atom stereocenters. The van der Waals surface area contributed by atoms with Crippen molar-refractivity contribution in [3.8, 4) is 0 Å². The van der Waals surface area contributed by atoms with Crippen LogP contribution in [0.3, 0.4) is 0 Å². The summed E-state index contributed by atoms with van der Waals surface area (Å²) in [6, 6.07) is 6.58. The molecule has 2 N–H and O–H groups in total. The number of piperidine rings is 1. The normalized spacial score (nSPS) is 16.0. The Morgan fingerprint density at radius 2 is 2.07 bits per heavy atom. The van der Waals surface area contributed by atoms with Crippen LogP contribution in [0, 0.1) is 0 Å². The number of aromatic nitrogens is 1. The van der Waals surface area contributed by atoms with Crippen LogP contribution in [-0.2, 0) is 22.3 Å². The maximum Gasteiger partial charge on any atom is 0.193 e. The van der Waals surface area contributed by atoms with Gasteiger partial charge in [-0.1, -0.05) is 25.1 Å². The number of guanidine groups is 1.